The summed E-state index contributed by atoms with van der Waals surface area (Å²) in [7, 11) is -21.9. The van der Waals surface area contributed by atoms with Crippen molar-refractivity contribution in [2.45, 2.75) is 19.6 Å². The Balaban J connectivity index is 0.00000462. The SMILES string of the molecule is O=S(=O)([O-])c1cc(S(=O)(=O)[O-])c2c(N=Nc3c(O)cc(S(=O)(=O)[O-])c4ccccc34)c(O)c(S(=O)(=O)[O-])cc2c1.[Na+].[Na+].[Na+].[Na+]. The van der Waals surface area contributed by atoms with Gasteiger partial charge in [0, 0.05) is 22.2 Å². The van der Waals surface area contributed by atoms with E-state index in [1.807, 2.05) is 0 Å². The molecule has 0 fully saturated rings. The Hall–Kier alpha value is 0.240. The van der Waals surface area contributed by atoms with Gasteiger partial charge in [0.15, 0.2) is 5.75 Å². The monoisotopic (exact) mass is 722 g/mol. The van der Waals surface area contributed by atoms with Crippen molar-refractivity contribution in [3.8, 4) is 11.5 Å². The number of benzene rings is 4. The van der Waals surface area contributed by atoms with Crippen LogP contribution < -0.4 is 118 Å². The summed E-state index contributed by atoms with van der Waals surface area (Å²) >= 11 is 0. The molecular formula is C20H10N2Na4O14S4. The molecule has 0 aromatic heterocycles. The van der Waals surface area contributed by atoms with Gasteiger partial charge in [0.2, 0.25) is 0 Å². The van der Waals surface area contributed by atoms with Crippen LogP contribution in [-0.4, -0.2) is 62.1 Å². The Labute approximate surface area is 338 Å². The molecule has 0 heterocycles. The van der Waals surface area contributed by atoms with E-state index in [9.17, 15) is 62.1 Å². The number of phenolic OH excluding ortho intramolecular Hbond substituents is 2. The summed E-state index contributed by atoms with van der Waals surface area (Å²) in [6.07, 6.45) is 0. The van der Waals surface area contributed by atoms with E-state index in [-0.39, 0.29) is 135 Å². The summed E-state index contributed by atoms with van der Waals surface area (Å²) in [5, 5.41) is 25.8. The minimum absolute atomic E-state index is 0. The number of fused-ring (bicyclic) bond motifs is 2. The van der Waals surface area contributed by atoms with E-state index in [4.69, 9.17) is 0 Å². The van der Waals surface area contributed by atoms with Gasteiger partial charge in [-0.05, 0) is 23.6 Å². The zero-order valence-electron chi connectivity index (χ0n) is 22.9. The standard InChI is InChI=1S/C20H14N2O14S4.4Na/c23-13-8-14(38(28,29)30)11-3-1-2-4-12(11)18(13)21-22-19-17-9(6-16(20(19)24)40(34,35)36)5-10(37(25,26)27)7-15(17)39(31,32)33;;;;/h1-8,23-24H,(H,25,26,27)(H,28,29,30)(H,31,32,33)(H,34,35,36);;;;/q;4*+1/p-4. The minimum Gasteiger partial charge on any atom is -0.744 e. The molecule has 0 saturated heterocycles. The molecule has 0 atom stereocenters. The van der Waals surface area contributed by atoms with Gasteiger partial charge in [-0.2, -0.15) is 0 Å². The fourth-order valence-corrected chi connectivity index (χ4v) is 6.43. The normalized spacial score (nSPS) is 12.2. The Kier molecular flexibility index (Phi) is 15.7. The Morgan fingerprint density at radius 3 is 1.50 bits per heavy atom. The third kappa shape index (κ3) is 9.23. The van der Waals surface area contributed by atoms with Gasteiger partial charge in [-0.3, -0.25) is 0 Å². The molecule has 0 spiro atoms. The average molecular weight is 723 g/mol. The second-order valence-electron chi connectivity index (χ2n) is 7.90. The molecule has 0 unspecified atom stereocenters. The quantitative estimate of drug-likeness (QED) is 0.106. The molecule has 0 aliphatic rings. The van der Waals surface area contributed by atoms with Crippen LogP contribution in [0.15, 0.2) is 78.3 Å². The van der Waals surface area contributed by atoms with Crippen LogP contribution in [-0.2, 0) is 40.5 Å². The number of aromatic hydroxyl groups is 2. The molecule has 0 amide bonds. The van der Waals surface area contributed by atoms with Crippen LogP contribution in [0.4, 0.5) is 11.4 Å². The van der Waals surface area contributed by atoms with Crippen molar-refractivity contribution in [1.82, 2.24) is 0 Å². The molecule has 44 heavy (non-hydrogen) atoms. The zero-order chi connectivity index (χ0) is 30.0. The minimum atomic E-state index is -5.69. The summed E-state index contributed by atoms with van der Waals surface area (Å²) in [5.74, 6) is -2.53. The summed E-state index contributed by atoms with van der Waals surface area (Å²) in [6, 6.07) is 6.33. The van der Waals surface area contributed by atoms with E-state index in [0.717, 1.165) is 6.07 Å². The zero-order valence-corrected chi connectivity index (χ0v) is 34.2. The van der Waals surface area contributed by atoms with Crippen molar-refractivity contribution in [1.29, 1.82) is 0 Å². The molecule has 4 aromatic carbocycles. The molecule has 4 rings (SSSR count). The van der Waals surface area contributed by atoms with Gasteiger partial charge in [-0.1, -0.05) is 24.3 Å². The Bertz CT molecular complexity index is 2250. The third-order valence-electron chi connectivity index (χ3n) is 5.39. The maximum Gasteiger partial charge on any atom is 1.00 e. The smallest absolute Gasteiger partial charge is 0.744 e. The van der Waals surface area contributed by atoms with E-state index in [2.05, 4.69) is 10.2 Å². The van der Waals surface area contributed by atoms with Crippen molar-refractivity contribution in [3.05, 3.63) is 48.5 Å². The van der Waals surface area contributed by atoms with Crippen LogP contribution >= 0.6 is 0 Å². The molecule has 0 aliphatic heterocycles. The average Bonchev–Trinajstić information content (AvgIpc) is 2.80. The molecule has 4 aromatic rings. The number of hydrogen-bond donors (Lipinski definition) is 2. The van der Waals surface area contributed by atoms with Crippen molar-refractivity contribution in [2.75, 3.05) is 0 Å². The molecule has 0 radical (unpaired) electrons. The predicted molar refractivity (Wildman–Crippen MR) is 127 cm³/mol. The van der Waals surface area contributed by atoms with Gasteiger partial charge in [0.1, 0.15) is 57.6 Å². The van der Waals surface area contributed by atoms with Gasteiger partial charge >= 0.3 is 118 Å². The van der Waals surface area contributed by atoms with Crippen molar-refractivity contribution >= 4 is 73.4 Å². The van der Waals surface area contributed by atoms with Crippen LogP contribution in [0.2, 0.25) is 0 Å². The van der Waals surface area contributed by atoms with Crippen molar-refractivity contribution in [3.63, 3.8) is 0 Å². The van der Waals surface area contributed by atoms with E-state index < -0.39 is 93.7 Å². The Morgan fingerprint density at radius 2 is 1.02 bits per heavy atom. The maximum atomic E-state index is 12.0. The number of azo groups is 1. The van der Waals surface area contributed by atoms with Crippen LogP contribution in [0.1, 0.15) is 0 Å². The van der Waals surface area contributed by atoms with Crippen molar-refractivity contribution in [2.24, 2.45) is 10.2 Å². The summed E-state index contributed by atoms with van der Waals surface area (Å²) < 4.78 is 141. The van der Waals surface area contributed by atoms with E-state index >= 15 is 0 Å². The first-order valence-corrected chi connectivity index (χ1v) is 15.7. The number of nitrogens with zero attached hydrogens (tertiary/aromatic N) is 2. The fourth-order valence-electron chi connectivity index (χ4n) is 3.78. The molecule has 212 valence electrons. The number of rotatable bonds is 6. The maximum absolute atomic E-state index is 12.0. The summed E-state index contributed by atoms with van der Waals surface area (Å²) in [4.78, 5) is -5.13. The molecule has 0 saturated carbocycles. The topological polar surface area (TPSA) is 294 Å². The Morgan fingerprint density at radius 1 is 0.545 bits per heavy atom. The number of hydrogen-bond acceptors (Lipinski definition) is 16. The van der Waals surface area contributed by atoms with Gasteiger partial charge < -0.3 is 28.4 Å². The number of phenols is 2. The summed E-state index contributed by atoms with van der Waals surface area (Å²) in [6.45, 7) is 0. The van der Waals surface area contributed by atoms with Crippen molar-refractivity contribution < 1.29 is 180 Å². The van der Waals surface area contributed by atoms with E-state index in [0.29, 0.717) is 18.2 Å². The predicted octanol–water partition coefficient (Wildman–Crippen LogP) is -10.5. The largest absolute Gasteiger partial charge is 1.00 e. The van der Waals surface area contributed by atoms with E-state index in [1.54, 1.807) is 0 Å². The van der Waals surface area contributed by atoms with Gasteiger partial charge in [0.05, 0.1) is 19.6 Å². The molecule has 2 N–H and O–H groups in total. The molecular weight excluding hydrogens is 712 g/mol. The first-order valence-electron chi connectivity index (χ1n) is 10.0. The fraction of sp³-hybridized carbons (Fsp3) is 0. The van der Waals surface area contributed by atoms with Gasteiger partial charge in [0.25, 0.3) is 0 Å². The molecule has 24 heteroatoms. The van der Waals surface area contributed by atoms with Crippen LogP contribution in [0, 0.1) is 0 Å². The molecule has 0 bridgehead atoms. The molecule has 16 nitrogen and oxygen atoms in total. The third-order valence-corrected chi connectivity index (χ3v) is 8.79. The first kappa shape index (κ1) is 44.2. The summed E-state index contributed by atoms with van der Waals surface area (Å²) in [5.41, 5.74) is -1.79. The van der Waals surface area contributed by atoms with E-state index in [1.165, 1.54) is 18.2 Å². The first-order chi connectivity index (χ1) is 18.2. The van der Waals surface area contributed by atoms with Crippen LogP contribution in [0.3, 0.4) is 0 Å². The van der Waals surface area contributed by atoms with Gasteiger partial charge in [-0.25, -0.2) is 33.7 Å². The second-order valence-corrected chi connectivity index (χ2v) is 13.3. The molecule has 0 aliphatic carbocycles. The van der Waals surface area contributed by atoms with Gasteiger partial charge in [-0.15, -0.1) is 10.2 Å². The van der Waals surface area contributed by atoms with Crippen LogP contribution in [0.25, 0.3) is 21.5 Å². The second kappa shape index (κ2) is 15.6. The van der Waals surface area contributed by atoms with Crippen LogP contribution in [0.5, 0.6) is 11.5 Å².